The molecule has 10 heteroatoms. The Hall–Kier alpha value is -2.42. The molecule has 2 N–H and O–H groups in total. The lowest BCUT2D eigenvalue weighted by Gasteiger charge is -2.15. The Morgan fingerprint density at radius 1 is 0.926 bits per heavy atom. The van der Waals surface area contributed by atoms with Gasteiger partial charge in [0.2, 0.25) is 5.91 Å². The quantitative estimate of drug-likeness (QED) is 0.631. The summed E-state index contributed by atoms with van der Waals surface area (Å²) < 4.78 is 76.8. The van der Waals surface area contributed by atoms with Crippen molar-refractivity contribution < 1.29 is 31.1 Å². The Morgan fingerprint density at radius 3 is 1.96 bits per heavy atom. The van der Waals surface area contributed by atoms with Crippen LogP contribution in [0.5, 0.6) is 0 Å². The first-order valence-electron chi connectivity index (χ1n) is 7.45. The van der Waals surface area contributed by atoms with Crippen LogP contribution in [-0.4, -0.2) is 12.5 Å². The molecular weight excluding hydrogens is 398 g/mol. The van der Waals surface area contributed by atoms with Gasteiger partial charge in [-0.15, -0.1) is 0 Å². The van der Waals surface area contributed by atoms with Gasteiger partial charge in [-0.3, -0.25) is 4.79 Å². The van der Waals surface area contributed by atoms with E-state index in [1.807, 2.05) is 0 Å². The Bertz CT molecular complexity index is 816. The molecule has 2 aromatic carbocycles. The van der Waals surface area contributed by atoms with Crippen molar-refractivity contribution in [3.05, 3.63) is 58.1 Å². The Morgan fingerprint density at radius 2 is 1.48 bits per heavy atom. The molecule has 0 aliphatic heterocycles. The highest BCUT2D eigenvalue weighted by atomic mass is 35.5. The van der Waals surface area contributed by atoms with Crippen molar-refractivity contribution >= 4 is 28.9 Å². The summed E-state index contributed by atoms with van der Waals surface area (Å²) in [6.45, 7) is 1.21. The van der Waals surface area contributed by atoms with E-state index in [0.29, 0.717) is 22.8 Å². The van der Waals surface area contributed by atoms with E-state index < -0.39 is 41.6 Å². The van der Waals surface area contributed by atoms with E-state index >= 15 is 0 Å². The van der Waals surface area contributed by atoms with Gasteiger partial charge in [-0.25, -0.2) is 0 Å². The zero-order valence-corrected chi connectivity index (χ0v) is 14.5. The number of amides is 1. The summed E-state index contributed by atoms with van der Waals surface area (Å²) in [6, 6.07) is 5.70. The summed E-state index contributed by atoms with van der Waals surface area (Å²) >= 11 is 5.91. The summed E-state index contributed by atoms with van der Waals surface area (Å²) in [5.74, 6) is -0.666. The number of halogens is 7. The number of benzene rings is 2. The highest BCUT2D eigenvalue weighted by Gasteiger charge is 2.36. The molecule has 1 amide bonds. The summed E-state index contributed by atoms with van der Waals surface area (Å²) in [4.78, 5) is 11.9. The van der Waals surface area contributed by atoms with E-state index in [1.54, 1.807) is 19.1 Å². The van der Waals surface area contributed by atoms with Gasteiger partial charge in [0, 0.05) is 16.4 Å². The number of nitrogens with one attached hydrogen (secondary N) is 2. The first-order valence-corrected chi connectivity index (χ1v) is 7.83. The van der Waals surface area contributed by atoms with E-state index in [4.69, 9.17) is 11.6 Å². The zero-order valence-electron chi connectivity index (χ0n) is 13.7. The standard InChI is InChI=1S/C17H13ClF6N2O/c1-9-2-3-12(7-14(9)18)26-15(27)8-25-13-5-10(16(19,20)21)4-11(6-13)17(22,23)24/h2-7,25H,8H2,1H3,(H,26,27). The molecule has 146 valence electrons. The number of alkyl halides is 6. The lowest BCUT2D eigenvalue weighted by Crippen LogP contribution is -2.22. The molecule has 0 radical (unpaired) electrons. The fourth-order valence-corrected chi connectivity index (χ4v) is 2.30. The fourth-order valence-electron chi connectivity index (χ4n) is 2.12. The number of anilines is 2. The van der Waals surface area contributed by atoms with Crippen LogP contribution in [0.1, 0.15) is 16.7 Å². The largest absolute Gasteiger partial charge is 0.416 e. The summed E-state index contributed by atoms with van der Waals surface area (Å²) in [5, 5.41) is 5.11. The van der Waals surface area contributed by atoms with E-state index in [9.17, 15) is 31.1 Å². The monoisotopic (exact) mass is 410 g/mol. The summed E-state index contributed by atoms with van der Waals surface area (Å²) in [7, 11) is 0. The summed E-state index contributed by atoms with van der Waals surface area (Å²) in [6.07, 6.45) is -9.92. The van der Waals surface area contributed by atoms with Crippen molar-refractivity contribution in [1.82, 2.24) is 0 Å². The molecule has 0 aromatic heterocycles. The Kier molecular flexibility index (Phi) is 5.94. The van der Waals surface area contributed by atoms with Crippen LogP contribution in [0.25, 0.3) is 0 Å². The molecule has 0 heterocycles. The fraction of sp³-hybridized carbons (Fsp3) is 0.235. The number of hydrogen-bond acceptors (Lipinski definition) is 2. The van der Waals surface area contributed by atoms with E-state index in [1.165, 1.54) is 6.07 Å². The van der Waals surface area contributed by atoms with Crippen LogP contribution in [0, 0.1) is 6.92 Å². The number of carbonyl (C=O) groups is 1. The van der Waals surface area contributed by atoms with Crippen LogP contribution < -0.4 is 10.6 Å². The molecule has 0 unspecified atom stereocenters. The minimum Gasteiger partial charge on any atom is -0.376 e. The van der Waals surface area contributed by atoms with Gasteiger partial charge in [0.25, 0.3) is 0 Å². The topological polar surface area (TPSA) is 41.1 Å². The van der Waals surface area contributed by atoms with Crippen LogP contribution in [0.15, 0.2) is 36.4 Å². The van der Waals surface area contributed by atoms with Crippen molar-refractivity contribution in [3.63, 3.8) is 0 Å². The van der Waals surface area contributed by atoms with Gasteiger partial charge in [0.05, 0.1) is 17.7 Å². The number of aryl methyl sites for hydroxylation is 1. The SMILES string of the molecule is Cc1ccc(NC(=O)CNc2cc(C(F)(F)F)cc(C(F)(F)F)c2)cc1Cl. The molecule has 0 aliphatic rings. The second-order valence-electron chi connectivity index (χ2n) is 5.66. The van der Waals surface area contributed by atoms with Gasteiger partial charge in [0.15, 0.2) is 0 Å². The first kappa shape index (κ1) is 20.9. The highest BCUT2D eigenvalue weighted by Crippen LogP contribution is 2.37. The van der Waals surface area contributed by atoms with E-state index in [-0.39, 0.29) is 6.07 Å². The molecule has 0 saturated carbocycles. The predicted octanol–water partition coefficient (Wildman–Crippen LogP) is 5.74. The molecule has 2 aromatic rings. The number of carbonyl (C=O) groups excluding carboxylic acids is 1. The normalized spacial score (nSPS) is 12.0. The maximum Gasteiger partial charge on any atom is 0.416 e. The molecule has 27 heavy (non-hydrogen) atoms. The van der Waals surface area contributed by atoms with Crippen molar-refractivity contribution in [3.8, 4) is 0 Å². The second kappa shape index (κ2) is 7.67. The minimum absolute atomic E-state index is 0.0134. The van der Waals surface area contributed by atoms with Gasteiger partial charge in [-0.05, 0) is 42.8 Å². The van der Waals surface area contributed by atoms with Gasteiger partial charge < -0.3 is 10.6 Å². The molecule has 0 fully saturated rings. The second-order valence-corrected chi connectivity index (χ2v) is 6.07. The van der Waals surface area contributed by atoms with Crippen molar-refractivity contribution in [2.45, 2.75) is 19.3 Å². The molecule has 0 bridgehead atoms. The van der Waals surface area contributed by atoms with Crippen LogP contribution in [0.4, 0.5) is 37.7 Å². The third-order valence-corrected chi connectivity index (χ3v) is 3.90. The smallest absolute Gasteiger partial charge is 0.376 e. The Labute approximate surface area is 155 Å². The first-order chi connectivity index (χ1) is 12.4. The molecule has 2 rings (SSSR count). The molecule has 0 saturated heterocycles. The third kappa shape index (κ3) is 5.78. The van der Waals surface area contributed by atoms with Gasteiger partial charge in [-0.1, -0.05) is 17.7 Å². The lowest BCUT2D eigenvalue weighted by atomic mass is 10.1. The average Bonchev–Trinajstić information content (AvgIpc) is 2.54. The molecule has 0 aliphatic carbocycles. The van der Waals surface area contributed by atoms with Crippen LogP contribution in [0.3, 0.4) is 0 Å². The molecule has 0 spiro atoms. The van der Waals surface area contributed by atoms with Crippen LogP contribution in [0.2, 0.25) is 5.02 Å². The zero-order chi connectivity index (χ0) is 20.4. The minimum atomic E-state index is -4.96. The van der Waals surface area contributed by atoms with Crippen LogP contribution in [-0.2, 0) is 17.1 Å². The van der Waals surface area contributed by atoms with Gasteiger partial charge in [0.1, 0.15) is 0 Å². The van der Waals surface area contributed by atoms with E-state index in [0.717, 1.165) is 5.56 Å². The summed E-state index contributed by atoms with van der Waals surface area (Å²) in [5.41, 5.74) is -2.29. The maximum atomic E-state index is 12.8. The maximum absolute atomic E-state index is 12.8. The van der Waals surface area contributed by atoms with Crippen molar-refractivity contribution in [1.29, 1.82) is 0 Å². The van der Waals surface area contributed by atoms with E-state index in [2.05, 4.69) is 10.6 Å². The predicted molar refractivity (Wildman–Crippen MR) is 89.8 cm³/mol. The van der Waals surface area contributed by atoms with Crippen molar-refractivity contribution in [2.24, 2.45) is 0 Å². The number of hydrogen-bond donors (Lipinski definition) is 2. The lowest BCUT2D eigenvalue weighted by molar-refractivity contribution is -0.143. The van der Waals surface area contributed by atoms with Crippen LogP contribution >= 0.6 is 11.6 Å². The molecule has 3 nitrogen and oxygen atoms in total. The molecule has 0 atom stereocenters. The molecular formula is C17H13ClF6N2O. The average molecular weight is 411 g/mol. The van der Waals surface area contributed by atoms with Gasteiger partial charge in [-0.2, -0.15) is 26.3 Å². The third-order valence-electron chi connectivity index (χ3n) is 3.50. The van der Waals surface area contributed by atoms with Crippen molar-refractivity contribution in [2.75, 3.05) is 17.2 Å². The Balaban J connectivity index is 2.14. The number of rotatable bonds is 4. The van der Waals surface area contributed by atoms with Gasteiger partial charge >= 0.3 is 12.4 Å². The highest BCUT2D eigenvalue weighted by molar-refractivity contribution is 6.31.